The van der Waals surface area contributed by atoms with Gasteiger partial charge in [0.2, 0.25) is 0 Å². The van der Waals surface area contributed by atoms with Gasteiger partial charge in [0, 0.05) is 16.6 Å². The van der Waals surface area contributed by atoms with Crippen LogP contribution in [0.2, 0.25) is 0 Å². The topological polar surface area (TPSA) is 195 Å². The summed E-state index contributed by atoms with van der Waals surface area (Å²) < 4.78 is 94.2. The van der Waals surface area contributed by atoms with Gasteiger partial charge in [-0.15, -0.1) is 0 Å². The van der Waals surface area contributed by atoms with Crippen molar-refractivity contribution in [3.8, 4) is 5.75 Å². The number of hydrogen-bond acceptors (Lipinski definition) is 8. The van der Waals surface area contributed by atoms with Gasteiger partial charge in [0.25, 0.3) is 30.4 Å². The van der Waals surface area contributed by atoms with Crippen LogP contribution >= 0.6 is 0 Å². The summed E-state index contributed by atoms with van der Waals surface area (Å²) in [6.07, 6.45) is 0. The van der Waals surface area contributed by atoms with Crippen LogP contribution in [0.3, 0.4) is 0 Å². The predicted molar refractivity (Wildman–Crippen MR) is 90.7 cm³/mol. The molecule has 26 heavy (non-hydrogen) atoms. The molecule has 11 nitrogen and oxygen atoms in total. The van der Waals surface area contributed by atoms with Crippen LogP contribution in [0.15, 0.2) is 29.2 Å². The molecule has 2 rings (SSSR count). The number of benzene rings is 2. The van der Waals surface area contributed by atoms with Crippen LogP contribution in [0.5, 0.6) is 5.75 Å². The molecule has 0 unspecified atom stereocenters. The highest BCUT2D eigenvalue weighted by molar-refractivity contribution is 7.86. The first-order chi connectivity index (χ1) is 11.7. The summed E-state index contributed by atoms with van der Waals surface area (Å²) >= 11 is 0. The molecular formula is C12H13NO10S3. The van der Waals surface area contributed by atoms with Crippen molar-refractivity contribution in [2.75, 3.05) is 11.2 Å². The average molecular weight is 427 g/mol. The summed E-state index contributed by atoms with van der Waals surface area (Å²) in [5, 5.41) is 12.5. The highest BCUT2D eigenvalue weighted by Gasteiger charge is 2.26. The van der Waals surface area contributed by atoms with E-state index in [9.17, 15) is 34.9 Å². The van der Waals surface area contributed by atoms with Crippen LogP contribution in [0.25, 0.3) is 10.8 Å². The highest BCUT2D eigenvalue weighted by Crippen LogP contribution is 2.39. The van der Waals surface area contributed by atoms with Crippen molar-refractivity contribution in [1.29, 1.82) is 0 Å². The Labute approximate surface area is 148 Å². The third-order valence-electron chi connectivity index (χ3n) is 3.25. The highest BCUT2D eigenvalue weighted by atomic mass is 32.2. The molecular weight excluding hydrogens is 414 g/mol. The maximum atomic E-state index is 11.5. The lowest BCUT2D eigenvalue weighted by Gasteiger charge is -2.15. The van der Waals surface area contributed by atoms with Crippen molar-refractivity contribution in [2.24, 2.45) is 0 Å². The lowest BCUT2D eigenvalue weighted by atomic mass is 10.0. The van der Waals surface area contributed by atoms with E-state index in [1.165, 1.54) is 18.2 Å². The van der Waals surface area contributed by atoms with Crippen molar-refractivity contribution in [2.45, 2.75) is 10.6 Å². The minimum absolute atomic E-state index is 0.00884. The van der Waals surface area contributed by atoms with Gasteiger partial charge < -0.3 is 10.4 Å². The van der Waals surface area contributed by atoms with Gasteiger partial charge in [-0.05, 0) is 17.5 Å². The molecule has 0 aliphatic heterocycles. The summed E-state index contributed by atoms with van der Waals surface area (Å²) in [4.78, 5) is -0.938. The van der Waals surface area contributed by atoms with Gasteiger partial charge in [-0.2, -0.15) is 25.3 Å². The molecule has 0 saturated carbocycles. The maximum absolute atomic E-state index is 11.5. The lowest BCUT2D eigenvalue weighted by Crippen LogP contribution is -2.13. The van der Waals surface area contributed by atoms with Crippen molar-refractivity contribution in [3.63, 3.8) is 0 Å². The second-order valence-corrected chi connectivity index (χ2v) is 9.50. The quantitative estimate of drug-likeness (QED) is 0.401. The number of anilines is 1. The largest absolute Gasteiger partial charge is 0.507 e. The van der Waals surface area contributed by atoms with E-state index >= 15 is 0 Å². The molecule has 0 bridgehead atoms. The molecule has 14 heteroatoms. The third-order valence-corrected chi connectivity index (χ3v) is 5.34. The van der Waals surface area contributed by atoms with E-state index in [1.807, 2.05) is 0 Å². The van der Waals surface area contributed by atoms with Gasteiger partial charge in [-0.3, -0.25) is 13.7 Å². The molecule has 0 aliphatic rings. The van der Waals surface area contributed by atoms with E-state index in [4.69, 9.17) is 9.11 Å². The van der Waals surface area contributed by atoms with Gasteiger partial charge in [0.05, 0.1) is 0 Å². The Balaban J connectivity index is 2.84. The zero-order valence-electron chi connectivity index (χ0n) is 12.7. The SMILES string of the molecule is O=S(=O)(O)CNc1cccc2cc(S(=O)(=O)O)c(CS(=O)(=O)O)c(O)c12. The third kappa shape index (κ3) is 4.80. The number of rotatable bonds is 6. The van der Waals surface area contributed by atoms with Gasteiger partial charge in [-0.1, -0.05) is 12.1 Å². The van der Waals surface area contributed by atoms with Gasteiger partial charge in [0.1, 0.15) is 22.3 Å². The maximum Gasteiger partial charge on any atom is 0.294 e. The summed E-state index contributed by atoms with van der Waals surface area (Å²) in [6.45, 7) is 0. The molecule has 0 aromatic heterocycles. The Morgan fingerprint density at radius 3 is 2.04 bits per heavy atom. The molecule has 0 heterocycles. The zero-order valence-corrected chi connectivity index (χ0v) is 15.1. The fourth-order valence-corrected chi connectivity index (χ4v) is 4.16. The van der Waals surface area contributed by atoms with Crippen LogP contribution in [-0.4, -0.2) is 49.9 Å². The minimum Gasteiger partial charge on any atom is -0.507 e. The normalized spacial score (nSPS) is 13.0. The van der Waals surface area contributed by atoms with Crippen molar-refractivity contribution < 1.29 is 44.0 Å². The monoisotopic (exact) mass is 427 g/mol. The molecule has 0 amide bonds. The van der Waals surface area contributed by atoms with Crippen LogP contribution in [0.4, 0.5) is 5.69 Å². The number of hydrogen-bond donors (Lipinski definition) is 5. The first kappa shape index (κ1) is 20.3. The summed E-state index contributed by atoms with van der Waals surface area (Å²) in [6, 6.07) is 4.78. The molecule has 0 fully saturated rings. The molecule has 5 N–H and O–H groups in total. The van der Waals surface area contributed by atoms with Crippen molar-refractivity contribution in [3.05, 3.63) is 29.8 Å². The number of fused-ring (bicyclic) bond motifs is 1. The smallest absolute Gasteiger partial charge is 0.294 e. The molecule has 0 radical (unpaired) electrons. The van der Waals surface area contributed by atoms with Gasteiger partial charge in [0.15, 0.2) is 0 Å². The molecule has 0 spiro atoms. The lowest BCUT2D eigenvalue weighted by molar-refractivity contribution is 0.459. The van der Waals surface area contributed by atoms with Gasteiger partial charge >= 0.3 is 0 Å². The van der Waals surface area contributed by atoms with E-state index in [0.717, 1.165) is 6.07 Å². The van der Waals surface area contributed by atoms with Crippen LogP contribution < -0.4 is 5.32 Å². The Hall–Kier alpha value is -1.97. The number of phenolic OH excluding ortho intramolecular Hbond substituents is 1. The molecule has 2 aromatic rings. The van der Waals surface area contributed by atoms with Gasteiger partial charge in [-0.25, -0.2) is 0 Å². The standard InChI is InChI=1S/C12H13NO10S3/c14-12-8(5-24(15,16)17)10(26(21,22)23)4-7-2-1-3-9(11(7)12)13-6-25(18,19)20/h1-4,13-14H,5-6H2,(H,15,16,17)(H,18,19,20)(H,21,22,23). The van der Waals surface area contributed by atoms with E-state index in [2.05, 4.69) is 5.32 Å². The Morgan fingerprint density at radius 2 is 1.54 bits per heavy atom. The van der Waals surface area contributed by atoms with Crippen LogP contribution in [0.1, 0.15) is 5.56 Å². The van der Waals surface area contributed by atoms with E-state index in [0.29, 0.717) is 0 Å². The van der Waals surface area contributed by atoms with Crippen molar-refractivity contribution >= 4 is 46.8 Å². The Morgan fingerprint density at radius 1 is 0.923 bits per heavy atom. The van der Waals surface area contributed by atoms with Crippen molar-refractivity contribution in [1.82, 2.24) is 0 Å². The number of phenols is 1. The molecule has 0 aliphatic carbocycles. The Bertz CT molecular complexity index is 1180. The average Bonchev–Trinajstić information content (AvgIpc) is 2.44. The summed E-state index contributed by atoms with van der Waals surface area (Å²) in [5.41, 5.74) is -0.875. The molecule has 144 valence electrons. The minimum atomic E-state index is -4.96. The van der Waals surface area contributed by atoms with Crippen LogP contribution in [-0.2, 0) is 36.1 Å². The second kappa shape index (κ2) is 6.64. The summed E-state index contributed by atoms with van der Waals surface area (Å²) in [5.74, 6) is -3.18. The van der Waals surface area contributed by atoms with E-state index in [-0.39, 0.29) is 16.5 Å². The van der Waals surface area contributed by atoms with E-state index < -0.39 is 58.2 Å². The molecule has 0 atom stereocenters. The molecule has 2 aromatic carbocycles. The first-order valence-electron chi connectivity index (χ1n) is 6.58. The second-order valence-electron chi connectivity index (χ2n) is 5.21. The molecule has 0 saturated heterocycles. The van der Waals surface area contributed by atoms with Crippen LogP contribution in [0, 0.1) is 0 Å². The predicted octanol–water partition coefficient (Wildman–Crippen LogP) is 0.437. The number of nitrogens with one attached hydrogen (secondary N) is 1. The first-order valence-corrected chi connectivity index (χ1v) is 11.2. The fourth-order valence-electron chi connectivity index (χ4n) is 2.32. The fraction of sp³-hybridized carbons (Fsp3) is 0.167. The number of aromatic hydroxyl groups is 1. The summed E-state index contributed by atoms with van der Waals surface area (Å²) in [7, 11) is -14.2. The Kier molecular flexibility index (Phi) is 5.19. The zero-order chi connectivity index (χ0) is 19.9. The van der Waals surface area contributed by atoms with E-state index in [1.54, 1.807) is 0 Å².